The van der Waals surface area contributed by atoms with Crippen molar-refractivity contribution in [1.82, 2.24) is 19.7 Å². The minimum Gasteiger partial charge on any atom is -0.413 e. The maximum absolute atomic E-state index is 13.7. The average molecular weight is 559 g/mol. The lowest BCUT2D eigenvalue weighted by Crippen LogP contribution is -2.66. The highest BCUT2D eigenvalue weighted by atomic mass is 32.1. The van der Waals surface area contributed by atoms with Crippen LogP contribution in [-0.4, -0.2) is 60.7 Å². The summed E-state index contributed by atoms with van der Waals surface area (Å²) in [5, 5.41) is 2.99. The summed E-state index contributed by atoms with van der Waals surface area (Å²) in [4.78, 5) is 36.3. The highest BCUT2D eigenvalue weighted by Crippen LogP contribution is 2.41. The van der Waals surface area contributed by atoms with Crippen LogP contribution in [0.4, 0.5) is 0 Å². The molecule has 9 nitrogen and oxygen atoms in total. The summed E-state index contributed by atoms with van der Waals surface area (Å²) < 4.78 is 20.0. The van der Waals surface area contributed by atoms with Gasteiger partial charge in [-0.25, -0.2) is 4.98 Å². The third-order valence-electron chi connectivity index (χ3n) is 8.13. The minimum absolute atomic E-state index is 0.0262. The first-order valence-electron chi connectivity index (χ1n) is 12.8. The van der Waals surface area contributed by atoms with Crippen molar-refractivity contribution in [2.75, 3.05) is 14.2 Å². The molecule has 0 spiro atoms. The number of carbonyl (C=O) groups is 2. The van der Waals surface area contributed by atoms with E-state index in [1.54, 1.807) is 45.2 Å². The monoisotopic (exact) mass is 558 g/mol. The van der Waals surface area contributed by atoms with Gasteiger partial charge in [-0.1, -0.05) is 33.8 Å². The first-order chi connectivity index (χ1) is 17.8. The number of ketones is 1. The highest BCUT2D eigenvalue weighted by molar-refractivity contribution is 7.19. The Kier molecular flexibility index (Phi) is 7.72. The first-order valence-corrected chi connectivity index (χ1v) is 16.5. The lowest BCUT2D eigenvalue weighted by atomic mass is 9.77. The van der Waals surface area contributed by atoms with E-state index in [-0.39, 0.29) is 34.8 Å². The van der Waals surface area contributed by atoms with Gasteiger partial charge in [-0.05, 0) is 31.1 Å². The van der Waals surface area contributed by atoms with Gasteiger partial charge in [-0.3, -0.25) is 19.0 Å². The number of rotatable bonds is 10. The molecule has 0 aromatic carbocycles. The zero-order valence-electron chi connectivity index (χ0n) is 23.6. The Balaban J connectivity index is 1.59. The van der Waals surface area contributed by atoms with E-state index < -0.39 is 20.0 Å². The van der Waals surface area contributed by atoms with Crippen LogP contribution in [0.15, 0.2) is 37.1 Å². The molecule has 4 heterocycles. The second-order valence-corrected chi connectivity index (χ2v) is 17.3. The number of hydrogen-bond donors (Lipinski definition) is 1. The van der Waals surface area contributed by atoms with Crippen LogP contribution in [0.5, 0.6) is 0 Å². The molecule has 38 heavy (non-hydrogen) atoms. The van der Waals surface area contributed by atoms with Gasteiger partial charge in [-0.2, -0.15) is 0 Å². The Labute approximate surface area is 229 Å². The zero-order chi connectivity index (χ0) is 28.0. The quantitative estimate of drug-likeness (QED) is 0.167. The Bertz CT molecular complexity index is 1310. The third-order valence-corrected chi connectivity index (χ3v) is 13.8. The van der Waals surface area contributed by atoms with E-state index in [1.165, 1.54) is 11.3 Å². The van der Waals surface area contributed by atoms with E-state index in [1.807, 2.05) is 24.3 Å². The summed E-state index contributed by atoms with van der Waals surface area (Å²) in [7, 11) is 1.03. The number of pyridine rings is 1. The lowest BCUT2D eigenvalue weighted by Gasteiger charge is -2.46. The van der Waals surface area contributed by atoms with Crippen molar-refractivity contribution in [3.63, 3.8) is 0 Å². The van der Waals surface area contributed by atoms with Crippen LogP contribution in [0.2, 0.25) is 18.1 Å². The van der Waals surface area contributed by atoms with Crippen molar-refractivity contribution < 1.29 is 23.5 Å². The van der Waals surface area contributed by atoms with Crippen molar-refractivity contribution in [2.45, 2.75) is 70.7 Å². The van der Waals surface area contributed by atoms with Gasteiger partial charge in [0.1, 0.15) is 16.9 Å². The van der Waals surface area contributed by atoms with E-state index in [9.17, 15) is 9.59 Å². The number of fused-ring (bicyclic) bond motifs is 1. The SMILES string of the molecule is COC(OC)(c1cccnc1)c1ncn2cc(C(=O)[C@H](C)[C@H]3NC(=O)[C@@H]3[C@H](C)O[Si](C)(C)C(C)(C)C)sc12. The molecule has 1 fully saturated rings. The second kappa shape index (κ2) is 10.3. The number of β-lactam (4-membered cyclic amide) rings is 1. The number of carbonyl (C=O) groups excluding carboxylic acids is 2. The topological polar surface area (TPSA) is 104 Å². The zero-order valence-corrected chi connectivity index (χ0v) is 25.4. The van der Waals surface area contributed by atoms with Gasteiger partial charge >= 0.3 is 0 Å². The number of amides is 1. The van der Waals surface area contributed by atoms with Gasteiger partial charge in [0.15, 0.2) is 14.1 Å². The molecule has 1 saturated heterocycles. The van der Waals surface area contributed by atoms with Crippen molar-refractivity contribution in [1.29, 1.82) is 0 Å². The van der Waals surface area contributed by atoms with Gasteiger partial charge < -0.3 is 19.2 Å². The fourth-order valence-corrected chi connectivity index (χ4v) is 7.39. The van der Waals surface area contributed by atoms with Crippen LogP contribution >= 0.6 is 11.3 Å². The molecule has 206 valence electrons. The lowest BCUT2D eigenvalue weighted by molar-refractivity contribution is -0.185. The van der Waals surface area contributed by atoms with Gasteiger partial charge in [0.25, 0.3) is 0 Å². The molecule has 4 rings (SSSR count). The number of nitrogens with one attached hydrogen (secondary N) is 1. The molecule has 0 unspecified atom stereocenters. The molecule has 3 aromatic rings. The second-order valence-electron chi connectivity index (χ2n) is 11.5. The smallest absolute Gasteiger partial charge is 0.243 e. The first kappa shape index (κ1) is 28.6. The van der Waals surface area contributed by atoms with E-state index >= 15 is 0 Å². The molecule has 1 aliphatic heterocycles. The number of methoxy groups -OCH3 is 2. The third kappa shape index (κ3) is 4.75. The number of thiazole rings is 1. The predicted molar refractivity (Wildman–Crippen MR) is 149 cm³/mol. The van der Waals surface area contributed by atoms with Crippen LogP contribution in [0.1, 0.15) is 55.5 Å². The fourth-order valence-electron chi connectivity index (χ4n) is 4.81. The van der Waals surface area contributed by atoms with Gasteiger partial charge in [0.05, 0.1) is 22.9 Å². The Morgan fingerprint density at radius 3 is 2.45 bits per heavy atom. The number of aromatic nitrogens is 3. The predicted octanol–water partition coefficient (Wildman–Crippen LogP) is 4.63. The van der Waals surface area contributed by atoms with Crippen molar-refractivity contribution >= 4 is 36.2 Å². The van der Waals surface area contributed by atoms with Crippen molar-refractivity contribution in [3.05, 3.63) is 53.2 Å². The largest absolute Gasteiger partial charge is 0.413 e. The maximum Gasteiger partial charge on any atom is 0.243 e. The number of nitrogens with zero attached hydrogens (tertiary/aromatic N) is 3. The molecule has 0 saturated carbocycles. The fraction of sp³-hybridized carbons (Fsp3) is 0.556. The van der Waals surface area contributed by atoms with Crippen LogP contribution in [-0.2, 0) is 24.5 Å². The van der Waals surface area contributed by atoms with Crippen LogP contribution in [0.3, 0.4) is 0 Å². The van der Waals surface area contributed by atoms with Crippen LogP contribution < -0.4 is 5.32 Å². The summed E-state index contributed by atoms with van der Waals surface area (Å²) in [5.41, 5.74) is 1.23. The van der Waals surface area contributed by atoms with Gasteiger partial charge in [-0.15, -0.1) is 11.3 Å². The molecule has 0 bridgehead atoms. The number of hydrogen-bond acceptors (Lipinski definition) is 8. The standard InChI is InChI=1S/C27H38N4O5SSi/c1-16(21-20(24(33)30-21)17(2)36-38(8,9)26(3,4)5)22(32)19-14-31-15-29-23(25(31)37-19)27(34-6,35-7)18-11-10-12-28-13-18/h10-17,20-21H,1-9H3,(H,30,33)/t16-,17+,20-,21-/m1/s1. The highest BCUT2D eigenvalue weighted by Gasteiger charge is 2.50. The summed E-state index contributed by atoms with van der Waals surface area (Å²) >= 11 is 1.33. The van der Waals surface area contributed by atoms with Gasteiger partial charge in [0, 0.05) is 44.3 Å². The van der Waals surface area contributed by atoms with E-state index in [4.69, 9.17) is 13.9 Å². The van der Waals surface area contributed by atoms with Gasteiger partial charge in [0.2, 0.25) is 11.7 Å². The average Bonchev–Trinajstić information content (AvgIpc) is 3.44. The number of Topliss-reactive ketones (excluding diaryl/α,β-unsaturated/α-hetero) is 1. The summed E-state index contributed by atoms with van der Waals surface area (Å²) in [6, 6.07) is 3.38. The molecule has 0 aliphatic carbocycles. The summed E-state index contributed by atoms with van der Waals surface area (Å²) in [5.74, 6) is -2.17. The molecule has 3 aromatic heterocycles. The Morgan fingerprint density at radius 2 is 1.89 bits per heavy atom. The molecule has 0 radical (unpaired) electrons. The van der Waals surface area contributed by atoms with E-state index in [2.05, 4.69) is 49.1 Å². The molecule has 4 atom stereocenters. The minimum atomic E-state index is -2.07. The molecular weight excluding hydrogens is 520 g/mol. The van der Waals surface area contributed by atoms with Crippen molar-refractivity contribution in [2.24, 2.45) is 11.8 Å². The summed E-state index contributed by atoms with van der Waals surface area (Å²) in [6.07, 6.45) is 6.50. The molecule has 11 heteroatoms. The molecule has 1 aliphatic rings. The maximum atomic E-state index is 13.7. The molecule has 1 N–H and O–H groups in total. The Hall–Kier alpha value is -2.44. The summed E-state index contributed by atoms with van der Waals surface area (Å²) in [6.45, 7) is 14.7. The normalized spacial score (nSPS) is 20.2. The van der Waals surface area contributed by atoms with Crippen LogP contribution in [0.25, 0.3) is 4.83 Å². The number of imidazole rings is 1. The molecular formula is C27H38N4O5SSi. The number of ether oxygens (including phenoxy) is 2. The van der Waals surface area contributed by atoms with E-state index in [0.29, 0.717) is 16.1 Å². The van der Waals surface area contributed by atoms with Crippen LogP contribution in [0, 0.1) is 11.8 Å². The molecule has 1 amide bonds. The van der Waals surface area contributed by atoms with E-state index in [0.717, 1.165) is 4.83 Å². The Morgan fingerprint density at radius 1 is 1.21 bits per heavy atom. The van der Waals surface area contributed by atoms with Crippen molar-refractivity contribution in [3.8, 4) is 0 Å².